The zero-order valence-corrected chi connectivity index (χ0v) is 13.2. The van der Waals surface area contributed by atoms with Crippen LogP contribution in [-0.2, 0) is 14.3 Å². The molecule has 2 saturated heterocycles. The summed E-state index contributed by atoms with van der Waals surface area (Å²) >= 11 is 0. The van der Waals surface area contributed by atoms with Crippen LogP contribution in [-0.4, -0.2) is 48.9 Å². The van der Waals surface area contributed by atoms with Crippen molar-refractivity contribution in [3.63, 3.8) is 0 Å². The summed E-state index contributed by atoms with van der Waals surface area (Å²) in [5.74, 6) is -0.511. The minimum Gasteiger partial charge on any atom is -0.444 e. The van der Waals surface area contributed by atoms with Crippen molar-refractivity contribution in [3.05, 3.63) is 0 Å². The molecule has 1 unspecified atom stereocenters. The molecule has 2 aliphatic heterocycles. The van der Waals surface area contributed by atoms with Crippen LogP contribution >= 0.6 is 0 Å². The molecule has 0 spiro atoms. The summed E-state index contributed by atoms with van der Waals surface area (Å²) in [5, 5.41) is 7.53. The number of imide groups is 1. The van der Waals surface area contributed by atoms with Crippen molar-refractivity contribution in [1.29, 1.82) is 0 Å². The van der Waals surface area contributed by atoms with Gasteiger partial charge in [-0.1, -0.05) is 0 Å². The van der Waals surface area contributed by atoms with Gasteiger partial charge in [0.25, 0.3) is 5.91 Å². The molecule has 0 aromatic rings. The molecule has 0 aromatic heterocycles. The molecule has 0 radical (unpaired) electrons. The molecule has 124 valence electrons. The summed E-state index contributed by atoms with van der Waals surface area (Å²) in [6, 6.07) is -0.539. The number of alkyl carbamates (subject to hydrolysis) is 1. The molecule has 3 N–H and O–H groups in total. The van der Waals surface area contributed by atoms with Gasteiger partial charge in [0.15, 0.2) is 0 Å². The van der Waals surface area contributed by atoms with Crippen molar-refractivity contribution in [2.45, 2.75) is 44.8 Å². The maximum absolute atomic E-state index is 12.3. The molecule has 4 amide bonds. The molecule has 2 rings (SSSR count). The van der Waals surface area contributed by atoms with Crippen LogP contribution in [0.4, 0.5) is 9.59 Å². The monoisotopic (exact) mass is 313 g/mol. The first-order chi connectivity index (χ1) is 10.2. The molecule has 8 nitrogen and oxygen atoms in total. The zero-order chi connectivity index (χ0) is 16.4. The van der Waals surface area contributed by atoms with Crippen LogP contribution in [0.3, 0.4) is 0 Å². The lowest BCUT2D eigenvalue weighted by Gasteiger charge is -2.37. The average Bonchev–Trinajstić information content (AvgIpc) is 2.71. The van der Waals surface area contributed by atoms with E-state index in [0.717, 1.165) is 0 Å². The SMILES string of the molecule is CC(C)(C)OC(=O)NCC1(C2CCOCC2)NC(=O)NC1=O. The highest BCUT2D eigenvalue weighted by molar-refractivity contribution is 6.07. The maximum Gasteiger partial charge on any atom is 0.407 e. The van der Waals surface area contributed by atoms with Gasteiger partial charge in [-0.3, -0.25) is 10.1 Å². The third-order valence-corrected chi connectivity index (χ3v) is 3.80. The first-order valence-corrected chi connectivity index (χ1v) is 7.41. The summed E-state index contributed by atoms with van der Waals surface area (Å²) in [5.41, 5.74) is -1.77. The molecule has 0 bridgehead atoms. The van der Waals surface area contributed by atoms with Gasteiger partial charge >= 0.3 is 12.1 Å². The Morgan fingerprint density at radius 3 is 2.50 bits per heavy atom. The van der Waals surface area contributed by atoms with E-state index in [1.807, 2.05) is 0 Å². The summed E-state index contributed by atoms with van der Waals surface area (Å²) in [4.78, 5) is 35.7. The van der Waals surface area contributed by atoms with Gasteiger partial charge in [-0.05, 0) is 39.5 Å². The van der Waals surface area contributed by atoms with Gasteiger partial charge in [0, 0.05) is 13.2 Å². The minimum atomic E-state index is -1.14. The third kappa shape index (κ3) is 3.68. The Balaban J connectivity index is 2.07. The van der Waals surface area contributed by atoms with E-state index in [1.54, 1.807) is 20.8 Å². The summed E-state index contributed by atoms with van der Waals surface area (Å²) in [7, 11) is 0. The van der Waals surface area contributed by atoms with E-state index in [0.29, 0.717) is 26.1 Å². The molecule has 2 fully saturated rings. The summed E-state index contributed by atoms with van der Waals surface area (Å²) in [6.45, 7) is 6.31. The van der Waals surface area contributed by atoms with Gasteiger partial charge < -0.3 is 20.1 Å². The number of amides is 4. The largest absolute Gasteiger partial charge is 0.444 e. The lowest BCUT2D eigenvalue weighted by atomic mass is 9.78. The van der Waals surface area contributed by atoms with Crippen LogP contribution in [0.5, 0.6) is 0 Å². The van der Waals surface area contributed by atoms with Crippen molar-refractivity contribution >= 4 is 18.0 Å². The number of urea groups is 1. The van der Waals surface area contributed by atoms with Gasteiger partial charge in [-0.2, -0.15) is 0 Å². The summed E-state index contributed by atoms with van der Waals surface area (Å²) < 4.78 is 10.5. The number of rotatable bonds is 3. The van der Waals surface area contributed by atoms with Gasteiger partial charge in [-0.15, -0.1) is 0 Å². The molecule has 0 saturated carbocycles. The van der Waals surface area contributed by atoms with Crippen LogP contribution in [0.2, 0.25) is 0 Å². The molecule has 0 aromatic carbocycles. The fourth-order valence-corrected chi connectivity index (χ4v) is 2.78. The van der Waals surface area contributed by atoms with Crippen molar-refractivity contribution in [1.82, 2.24) is 16.0 Å². The normalized spacial score (nSPS) is 26.3. The van der Waals surface area contributed by atoms with E-state index < -0.39 is 29.2 Å². The van der Waals surface area contributed by atoms with Gasteiger partial charge in [0.05, 0.1) is 6.54 Å². The van der Waals surface area contributed by atoms with Crippen molar-refractivity contribution in [2.75, 3.05) is 19.8 Å². The van der Waals surface area contributed by atoms with Crippen LogP contribution in [0.15, 0.2) is 0 Å². The Hall–Kier alpha value is -1.83. The van der Waals surface area contributed by atoms with Gasteiger partial charge in [-0.25, -0.2) is 9.59 Å². The fraction of sp³-hybridized carbons (Fsp3) is 0.786. The fourth-order valence-electron chi connectivity index (χ4n) is 2.78. The average molecular weight is 313 g/mol. The van der Waals surface area contributed by atoms with E-state index in [-0.39, 0.29) is 12.5 Å². The molecular weight excluding hydrogens is 290 g/mol. The van der Waals surface area contributed by atoms with Crippen LogP contribution in [0.1, 0.15) is 33.6 Å². The minimum absolute atomic E-state index is 0.00977. The quantitative estimate of drug-likeness (QED) is 0.659. The van der Waals surface area contributed by atoms with Crippen molar-refractivity contribution in [3.8, 4) is 0 Å². The highest BCUT2D eigenvalue weighted by Gasteiger charge is 2.52. The van der Waals surface area contributed by atoms with E-state index in [1.165, 1.54) is 0 Å². The van der Waals surface area contributed by atoms with Gasteiger partial charge in [0.2, 0.25) is 0 Å². The molecule has 2 aliphatic rings. The van der Waals surface area contributed by atoms with E-state index in [2.05, 4.69) is 16.0 Å². The first kappa shape index (κ1) is 16.5. The van der Waals surface area contributed by atoms with E-state index in [4.69, 9.17) is 9.47 Å². The maximum atomic E-state index is 12.3. The number of hydrogen-bond donors (Lipinski definition) is 3. The Morgan fingerprint density at radius 2 is 2.00 bits per heavy atom. The standard InChI is InChI=1S/C14H23N3O5/c1-13(2,3)22-12(20)15-8-14(9-4-6-21-7-5-9)10(18)16-11(19)17-14/h9H,4-8H2,1-3H3,(H,15,20)(H2,16,17,18,19). The highest BCUT2D eigenvalue weighted by Crippen LogP contribution is 2.30. The van der Waals surface area contributed by atoms with Gasteiger partial charge in [0.1, 0.15) is 11.1 Å². The predicted molar refractivity (Wildman–Crippen MR) is 77.2 cm³/mol. The Bertz CT molecular complexity index is 468. The lowest BCUT2D eigenvalue weighted by Crippen LogP contribution is -2.61. The Morgan fingerprint density at radius 1 is 1.36 bits per heavy atom. The van der Waals surface area contributed by atoms with Crippen LogP contribution in [0.25, 0.3) is 0 Å². The molecule has 0 aliphatic carbocycles. The number of ether oxygens (including phenoxy) is 2. The molecule has 1 atom stereocenters. The van der Waals surface area contributed by atoms with Crippen LogP contribution < -0.4 is 16.0 Å². The number of nitrogens with one attached hydrogen (secondary N) is 3. The summed E-state index contributed by atoms with van der Waals surface area (Å²) in [6.07, 6.45) is 0.667. The van der Waals surface area contributed by atoms with Crippen LogP contribution in [0, 0.1) is 5.92 Å². The van der Waals surface area contributed by atoms with E-state index >= 15 is 0 Å². The molecule has 22 heavy (non-hydrogen) atoms. The second kappa shape index (κ2) is 6.12. The molecular formula is C14H23N3O5. The lowest BCUT2D eigenvalue weighted by molar-refractivity contribution is -0.127. The predicted octanol–water partition coefficient (Wildman–Crippen LogP) is 0.516. The first-order valence-electron chi connectivity index (χ1n) is 7.41. The number of hydrogen-bond acceptors (Lipinski definition) is 5. The zero-order valence-electron chi connectivity index (χ0n) is 13.2. The molecule has 8 heteroatoms. The third-order valence-electron chi connectivity index (χ3n) is 3.80. The molecule has 2 heterocycles. The van der Waals surface area contributed by atoms with Crippen molar-refractivity contribution in [2.24, 2.45) is 5.92 Å². The number of carbonyl (C=O) groups excluding carboxylic acids is 3. The Kier molecular flexibility index (Phi) is 4.60. The smallest absolute Gasteiger partial charge is 0.407 e. The highest BCUT2D eigenvalue weighted by atomic mass is 16.6. The second-order valence-electron chi connectivity index (χ2n) is 6.62. The number of carbonyl (C=O) groups is 3. The topological polar surface area (TPSA) is 106 Å². The van der Waals surface area contributed by atoms with E-state index in [9.17, 15) is 14.4 Å². The Labute approximate surface area is 129 Å². The van der Waals surface area contributed by atoms with Crippen molar-refractivity contribution < 1.29 is 23.9 Å². The second-order valence-corrected chi connectivity index (χ2v) is 6.62.